The number of para-hydroxylation sites is 3. The Balaban J connectivity index is 0.000000211. The number of ether oxygens (including phenoxy) is 4. The molecule has 6 aromatic heterocycles. The molecule has 9 N–H and O–H groups in total. The summed E-state index contributed by atoms with van der Waals surface area (Å²) in [5, 5.41) is 52.8. The van der Waals surface area contributed by atoms with Crippen LogP contribution in [0.15, 0.2) is 91.4 Å². The van der Waals surface area contributed by atoms with E-state index in [1.807, 2.05) is 188 Å². The monoisotopic (exact) mass is 1920 g/mol. The van der Waals surface area contributed by atoms with Gasteiger partial charge in [-0.15, -0.1) is 15.3 Å². The Hall–Kier alpha value is -10.8. The fourth-order valence-corrected chi connectivity index (χ4v) is 16.8. The third-order valence-electron chi connectivity index (χ3n) is 23.5. The van der Waals surface area contributed by atoms with Crippen molar-refractivity contribution in [2.75, 3.05) is 164 Å². The fourth-order valence-electron chi connectivity index (χ4n) is 16.6. The molecule has 38 nitrogen and oxygen atoms in total. The molecule has 6 saturated heterocycles. The number of carbonyl (C=O) groups excluding carboxylic acids is 4. The standard InChI is InChI=1S/C35H54N10O4.C25H38N10.C18H23ClN4O2.C17H32N6O2.3CH4/c1-34(2,3)48-32(46)43(23-22-42-16-9-10-17-42)18-11-19-45-25-27(40-41-45)24-36-31-38-29-13-8-7-12-28(29)30(39-31)37-26-14-20-44(21-15-26)33(47)49-35(4,5)6;1-2-7-23-22(6-1)24(29-20-8-11-27-12-9-20)31-25(30-23)28-18-21-19-35(33-32-21)16-5-10-26-13-17-34-14-3-4-15-34;1-18(2,3)25-17(24)23-10-8-12(9-11-23)20-15-13-6-4-5-7-14(13)21-16(19)22-15;1-17(2,3)25-16(24)22(12-11-21-7-4-5-8-21)9-6-10-23-14-15(13-18)19-20-23;;;/h7-8,12-13,25-26H,9-11,14-24H2,1-6H3,(H2,36,37,38,39);1-2,6-7,19-20,26-27H,3-5,8-18H2,(H2,28,29,30,31);4-7,12H,8-11H2,1-3H3,(H,20,21,22);14H,4-13,18H2,1-3H3;3*1H4. The lowest BCUT2D eigenvalue weighted by molar-refractivity contribution is 0.0199. The van der Waals surface area contributed by atoms with Gasteiger partial charge in [-0.25, -0.2) is 39.1 Å². The third kappa shape index (κ3) is 37.5. The van der Waals surface area contributed by atoms with Crippen LogP contribution in [-0.2, 0) is 58.2 Å². The highest BCUT2D eigenvalue weighted by Crippen LogP contribution is 2.30. The number of aryl methyl sites for hydroxylation is 3. The van der Waals surface area contributed by atoms with E-state index < -0.39 is 22.4 Å². The van der Waals surface area contributed by atoms with E-state index in [0.29, 0.717) is 103 Å². The van der Waals surface area contributed by atoms with Gasteiger partial charge in [0.1, 0.15) is 51.2 Å². The van der Waals surface area contributed by atoms with Gasteiger partial charge in [0, 0.05) is 145 Å². The molecule has 0 unspecified atom stereocenters. The topological polar surface area (TPSA) is 408 Å². The Morgan fingerprint density at radius 3 is 1.15 bits per heavy atom. The number of hydrogen-bond acceptors (Lipinski definition) is 31. The molecule has 15 rings (SSSR count). The minimum atomic E-state index is -0.538. The molecule has 39 heteroatoms. The fraction of sp³-hybridized carbons (Fsp3) is 0.653. The first-order valence-electron chi connectivity index (χ1n) is 48.4. The Morgan fingerprint density at radius 1 is 0.416 bits per heavy atom. The number of carbonyl (C=O) groups is 4. The van der Waals surface area contributed by atoms with Crippen molar-refractivity contribution in [3.05, 3.63) is 114 Å². The van der Waals surface area contributed by atoms with Crippen LogP contribution < -0.4 is 43.0 Å². The Labute approximate surface area is 816 Å². The van der Waals surface area contributed by atoms with Crippen molar-refractivity contribution < 1.29 is 38.1 Å². The normalized spacial score (nSPS) is 16.0. The van der Waals surface area contributed by atoms with Gasteiger partial charge in [-0.1, -0.05) is 74.3 Å². The highest BCUT2D eigenvalue weighted by Gasteiger charge is 2.32. The number of nitrogens with one attached hydrogen (secondary N) is 7. The zero-order valence-electron chi connectivity index (χ0n) is 81.2. The number of piperidine rings is 3. The van der Waals surface area contributed by atoms with Gasteiger partial charge in [-0.05, 0) is 286 Å². The lowest BCUT2D eigenvalue weighted by atomic mass is 10.1. The van der Waals surface area contributed by atoms with Crippen LogP contribution in [0.1, 0.15) is 219 Å². The van der Waals surface area contributed by atoms with Crippen molar-refractivity contribution in [3.63, 3.8) is 0 Å². The van der Waals surface area contributed by atoms with Crippen molar-refractivity contribution in [1.82, 2.24) is 120 Å². The molecule has 6 aliphatic heterocycles. The van der Waals surface area contributed by atoms with Gasteiger partial charge in [0.05, 0.1) is 47.7 Å². The zero-order chi connectivity index (χ0) is 95.0. The molecule has 0 aliphatic carbocycles. The maximum atomic E-state index is 12.9. The summed E-state index contributed by atoms with van der Waals surface area (Å²) in [7, 11) is 0. The first-order chi connectivity index (χ1) is 64.3. The number of aromatic nitrogens is 15. The number of amides is 4. The average molecular weight is 1920 g/mol. The molecule has 756 valence electrons. The van der Waals surface area contributed by atoms with Crippen molar-refractivity contribution in [2.45, 2.75) is 281 Å². The zero-order valence-corrected chi connectivity index (χ0v) is 81.9. The molecule has 0 saturated carbocycles. The summed E-state index contributed by atoms with van der Waals surface area (Å²) in [6.45, 7) is 45.3. The molecule has 6 aliphatic rings. The lowest BCUT2D eigenvalue weighted by Gasteiger charge is -2.34. The summed E-state index contributed by atoms with van der Waals surface area (Å²) in [5.74, 6) is 3.49. The van der Waals surface area contributed by atoms with Crippen molar-refractivity contribution >= 4 is 98.0 Å². The number of likely N-dealkylation sites (tertiary alicyclic amines) is 5. The van der Waals surface area contributed by atoms with E-state index in [9.17, 15) is 19.2 Å². The summed E-state index contributed by atoms with van der Waals surface area (Å²) in [6, 6.07) is 24.7. The minimum absolute atomic E-state index is 0. The van der Waals surface area contributed by atoms with Crippen LogP contribution in [0.2, 0.25) is 5.28 Å². The van der Waals surface area contributed by atoms with Gasteiger partial charge in [0.15, 0.2) is 0 Å². The molecule has 0 radical (unpaired) electrons. The van der Waals surface area contributed by atoms with E-state index in [1.54, 1.807) is 14.5 Å². The summed E-state index contributed by atoms with van der Waals surface area (Å²) < 4.78 is 27.7. The Morgan fingerprint density at radius 2 is 0.766 bits per heavy atom. The number of benzene rings is 3. The quantitative estimate of drug-likeness (QED) is 0.0105. The molecule has 9 aromatic rings. The van der Waals surface area contributed by atoms with Gasteiger partial charge in [0.2, 0.25) is 17.2 Å². The highest BCUT2D eigenvalue weighted by atomic mass is 35.5. The van der Waals surface area contributed by atoms with E-state index in [-0.39, 0.29) is 64.0 Å². The molecule has 0 spiro atoms. The minimum Gasteiger partial charge on any atom is -0.444 e. The molecular weight excluding hydrogens is 1760 g/mol. The number of anilines is 5. The molecule has 4 amide bonds. The number of fused-ring (bicyclic) bond motifs is 3. The number of rotatable bonds is 34. The van der Waals surface area contributed by atoms with Gasteiger partial charge in [0.25, 0.3) is 0 Å². The number of hydrogen-bond donors (Lipinski definition) is 8. The molecule has 12 heterocycles. The SMILES string of the molecule is C.C.C.CC(C)(C)OC(=O)N(CCCn1cc(CN)nn1)CCN1CCCC1.CC(C)(C)OC(=O)N1CCC(Nc2nc(Cl)nc3ccccc23)CC1.CC(C)(C)OC(=O)N1CCC(Nc2nc(NCc3cn(CCCN(CCN4CCCC4)C(=O)OC(C)(C)C)nn3)nc3ccccc23)CC1.c1ccc2c(NC3CCNCC3)nc(NCc3cn(CCCNCCN4CCCC4)nn3)nc2c1. The second kappa shape index (κ2) is 54.0. The average Bonchev–Trinajstić information content (AvgIpc) is 1.85. The van der Waals surface area contributed by atoms with Crippen molar-refractivity contribution in [2.24, 2.45) is 5.73 Å². The van der Waals surface area contributed by atoms with E-state index in [2.05, 4.69) is 98.9 Å². The van der Waals surface area contributed by atoms with Crippen LogP contribution in [0.3, 0.4) is 0 Å². The first-order valence-corrected chi connectivity index (χ1v) is 48.8. The molecule has 3 aromatic carbocycles. The van der Waals surface area contributed by atoms with E-state index in [0.717, 1.165) is 204 Å². The predicted octanol–water partition coefficient (Wildman–Crippen LogP) is 14.9. The lowest BCUT2D eigenvalue weighted by Crippen LogP contribution is -2.44. The molecule has 6 fully saturated rings. The van der Waals surface area contributed by atoms with E-state index >= 15 is 0 Å². The summed E-state index contributed by atoms with van der Waals surface area (Å²) >= 11 is 6.04. The first kappa shape index (κ1) is 110. The van der Waals surface area contributed by atoms with Gasteiger partial charge in [-0.3, -0.25) is 14.0 Å². The van der Waals surface area contributed by atoms with Crippen LogP contribution in [-0.4, -0.2) is 312 Å². The summed E-state index contributed by atoms with van der Waals surface area (Å²) in [5.41, 5.74) is 8.55. The number of halogens is 1. The second-order valence-electron chi connectivity index (χ2n) is 39.3. The van der Waals surface area contributed by atoms with Gasteiger partial charge >= 0.3 is 24.4 Å². The Kier molecular flexibility index (Phi) is 43.3. The van der Waals surface area contributed by atoms with Gasteiger partial charge in [-0.2, -0.15) is 9.97 Å². The number of nitrogens with two attached hydrogens (primary N) is 1. The van der Waals surface area contributed by atoms with Crippen LogP contribution in [0.4, 0.5) is 48.5 Å². The smallest absolute Gasteiger partial charge is 0.410 e. The third-order valence-corrected chi connectivity index (χ3v) is 23.7. The van der Waals surface area contributed by atoms with Crippen LogP contribution >= 0.6 is 11.6 Å². The maximum absolute atomic E-state index is 12.9. The predicted molar refractivity (Wildman–Crippen MR) is 544 cm³/mol. The summed E-state index contributed by atoms with van der Waals surface area (Å²) in [6.07, 6.45) is 20.4. The van der Waals surface area contributed by atoms with Crippen LogP contribution in [0.25, 0.3) is 32.7 Å². The molecular formula is C98H159ClN30O8. The second-order valence-corrected chi connectivity index (χ2v) is 39.7. The number of nitrogens with zero attached hydrogens (tertiary/aromatic N) is 22. The summed E-state index contributed by atoms with van der Waals surface area (Å²) in [4.78, 5) is 92.3. The Bertz CT molecular complexity index is 5110. The van der Waals surface area contributed by atoms with Crippen LogP contribution in [0.5, 0.6) is 0 Å². The molecule has 0 bridgehead atoms. The van der Waals surface area contributed by atoms with E-state index in [4.69, 9.17) is 56.2 Å². The van der Waals surface area contributed by atoms with E-state index in [1.165, 1.54) is 51.6 Å². The largest absolute Gasteiger partial charge is 0.444 e. The highest BCUT2D eigenvalue weighted by molar-refractivity contribution is 6.28. The maximum Gasteiger partial charge on any atom is 0.410 e. The van der Waals surface area contributed by atoms with Gasteiger partial charge < -0.3 is 96.2 Å². The van der Waals surface area contributed by atoms with Crippen molar-refractivity contribution in [1.29, 1.82) is 0 Å². The molecule has 137 heavy (non-hydrogen) atoms. The van der Waals surface area contributed by atoms with Crippen LogP contribution in [0, 0.1) is 0 Å². The molecule has 0 atom stereocenters. The van der Waals surface area contributed by atoms with Crippen molar-refractivity contribution in [3.8, 4) is 0 Å².